The fourth-order valence-corrected chi connectivity index (χ4v) is 5.23. The number of morpholine rings is 1. The number of rotatable bonds is 3. The van der Waals surface area contributed by atoms with Gasteiger partial charge in [0.25, 0.3) is 10.0 Å². The summed E-state index contributed by atoms with van der Waals surface area (Å²) in [5.41, 5.74) is 0. The van der Waals surface area contributed by atoms with Crippen molar-refractivity contribution < 1.29 is 13.2 Å². The smallest absolute Gasteiger partial charge is 0.252 e. The topological polar surface area (TPSA) is 46.6 Å². The monoisotopic (exact) mass is 309 g/mol. The molecule has 0 aliphatic carbocycles. The molecule has 0 spiro atoms. The minimum Gasteiger partial charge on any atom is -0.373 e. The molecule has 0 amide bonds. The second-order valence-corrected chi connectivity index (χ2v) is 8.03. The zero-order valence-electron chi connectivity index (χ0n) is 10.3. The molecule has 2 rings (SSSR count). The van der Waals surface area contributed by atoms with Crippen LogP contribution in [0.3, 0.4) is 0 Å². The lowest BCUT2D eigenvalue weighted by Crippen LogP contribution is -2.47. The highest BCUT2D eigenvalue weighted by Gasteiger charge is 2.32. The maximum Gasteiger partial charge on any atom is 0.252 e. The van der Waals surface area contributed by atoms with Gasteiger partial charge in [-0.05, 0) is 26.0 Å². The molecule has 1 aromatic rings. The van der Waals surface area contributed by atoms with Crippen molar-refractivity contribution in [3.63, 3.8) is 0 Å². The fourth-order valence-electron chi connectivity index (χ4n) is 2.02. The quantitative estimate of drug-likeness (QED) is 0.805. The number of halogens is 1. The van der Waals surface area contributed by atoms with Gasteiger partial charge >= 0.3 is 0 Å². The second-order valence-electron chi connectivity index (χ2n) is 4.43. The predicted molar refractivity (Wildman–Crippen MR) is 72.6 cm³/mol. The maximum absolute atomic E-state index is 12.4. The van der Waals surface area contributed by atoms with Gasteiger partial charge in [0.1, 0.15) is 4.21 Å². The molecule has 4 nitrogen and oxygen atoms in total. The third kappa shape index (κ3) is 2.88. The third-order valence-electron chi connectivity index (χ3n) is 2.75. The van der Waals surface area contributed by atoms with E-state index in [2.05, 4.69) is 0 Å². The van der Waals surface area contributed by atoms with Crippen LogP contribution in [0, 0.1) is 0 Å². The van der Waals surface area contributed by atoms with Crippen molar-refractivity contribution in [2.24, 2.45) is 0 Å². The van der Waals surface area contributed by atoms with Gasteiger partial charge in [0.2, 0.25) is 0 Å². The van der Waals surface area contributed by atoms with Crippen LogP contribution in [0.25, 0.3) is 0 Å². The first-order valence-corrected chi connectivity index (χ1v) is 8.53. The Morgan fingerprint density at radius 3 is 2.50 bits per heavy atom. The zero-order chi connectivity index (χ0) is 13.3. The van der Waals surface area contributed by atoms with Crippen LogP contribution in [0.1, 0.15) is 18.7 Å². The van der Waals surface area contributed by atoms with Crippen LogP contribution in [0.15, 0.2) is 16.3 Å². The molecule has 0 N–H and O–H groups in total. The molecule has 1 aliphatic heterocycles. The Hall–Kier alpha value is -0.140. The van der Waals surface area contributed by atoms with Crippen LogP contribution in [-0.2, 0) is 20.6 Å². The van der Waals surface area contributed by atoms with Gasteiger partial charge in [0.05, 0.1) is 18.1 Å². The van der Waals surface area contributed by atoms with Gasteiger partial charge in [-0.3, -0.25) is 0 Å². The van der Waals surface area contributed by atoms with E-state index in [-0.39, 0.29) is 12.2 Å². The second kappa shape index (κ2) is 5.46. The van der Waals surface area contributed by atoms with E-state index in [4.69, 9.17) is 16.3 Å². The summed E-state index contributed by atoms with van der Waals surface area (Å²) in [7, 11) is -3.40. The molecule has 0 radical (unpaired) electrons. The van der Waals surface area contributed by atoms with Gasteiger partial charge in [-0.25, -0.2) is 8.42 Å². The average molecular weight is 310 g/mol. The molecule has 2 heterocycles. The minimum absolute atomic E-state index is 0.0732. The first kappa shape index (κ1) is 14.3. The van der Waals surface area contributed by atoms with Crippen molar-refractivity contribution in [1.29, 1.82) is 0 Å². The third-order valence-corrected chi connectivity index (χ3v) is 6.58. The first-order valence-electron chi connectivity index (χ1n) is 5.73. The van der Waals surface area contributed by atoms with Crippen LogP contribution in [0.2, 0.25) is 0 Å². The molecule has 7 heteroatoms. The molecule has 18 heavy (non-hydrogen) atoms. The highest BCUT2D eigenvalue weighted by molar-refractivity contribution is 7.91. The lowest BCUT2D eigenvalue weighted by molar-refractivity contribution is -0.0440. The van der Waals surface area contributed by atoms with E-state index in [1.165, 1.54) is 15.6 Å². The van der Waals surface area contributed by atoms with E-state index in [0.29, 0.717) is 23.2 Å². The Bertz CT molecular complexity index is 504. The van der Waals surface area contributed by atoms with Crippen molar-refractivity contribution in [1.82, 2.24) is 4.31 Å². The fraction of sp³-hybridized carbons (Fsp3) is 0.636. The summed E-state index contributed by atoms with van der Waals surface area (Å²) >= 11 is 6.94. The lowest BCUT2D eigenvalue weighted by atomic mass is 10.3. The molecule has 102 valence electrons. The number of ether oxygens (including phenoxy) is 1. The summed E-state index contributed by atoms with van der Waals surface area (Å²) in [4.78, 5) is 0.865. The molecule has 1 fully saturated rings. The van der Waals surface area contributed by atoms with Crippen molar-refractivity contribution in [3.8, 4) is 0 Å². The molecule has 0 bridgehead atoms. The van der Waals surface area contributed by atoms with E-state index in [9.17, 15) is 8.42 Å². The molecule has 0 aromatic carbocycles. The number of sulfonamides is 1. The van der Waals surface area contributed by atoms with Crippen molar-refractivity contribution >= 4 is 33.0 Å². The highest BCUT2D eigenvalue weighted by Crippen LogP contribution is 2.27. The summed E-state index contributed by atoms with van der Waals surface area (Å²) in [5.74, 6) is 0.343. The van der Waals surface area contributed by atoms with Crippen LogP contribution < -0.4 is 0 Å². The molecule has 0 saturated carbocycles. The van der Waals surface area contributed by atoms with Gasteiger partial charge in [0, 0.05) is 18.0 Å². The molecule has 0 unspecified atom stereocenters. The zero-order valence-corrected chi connectivity index (χ0v) is 12.7. The van der Waals surface area contributed by atoms with E-state index in [0.717, 1.165) is 4.88 Å². The van der Waals surface area contributed by atoms with Gasteiger partial charge in [-0.1, -0.05) is 0 Å². The van der Waals surface area contributed by atoms with Gasteiger partial charge in [0.15, 0.2) is 0 Å². The molecule has 1 saturated heterocycles. The van der Waals surface area contributed by atoms with Crippen LogP contribution in [0.4, 0.5) is 0 Å². The molecule has 1 aromatic heterocycles. The van der Waals surface area contributed by atoms with Crippen molar-refractivity contribution in [2.75, 3.05) is 13.1 Å². The van der Waals surface area contributed by atoms with Gasteiger partial charge in [-0.2, -0.15) is 4.31 Å². The number of thiophene rings is 1. The predicted octanol–water partition coefficient (Wildman–Crippen LogP) is 2.28. The largest absolute Gasteiger partial charge is 0.373 e. The molecular weight excluding hydrogens is 294 g/mol. The Morgan fingerprint density at radius 1 is 1.39 bits per heavy atom. The summed E-state index contributed by atoms with van der Waals surface area (Å²) in [5, 5.41) is 0. The summed E-state index contributed by atoms with van der Waals surface area (Å²) in [6.45, 7) is 4.58. The molecule has 1 aliphatic rings. The van der Waals surface area contributed by atoms with Crippen LogP contribution in [0.5, 0.6) is 0 Å². The number of hydrogen-bond donors (Lipinski definition) is 0. The van der Waals surface area contributed by atoms with Gasteiger partial charge < -0.3 is 4.74 Å². The minimum atomic E-state index is -3.40. The normalized spacial score (nSPS) is 26.4. The Labute approximate surface area is 117 Å². The van der Waals surface area contributed by atoms with Gasteiger partial charge in [-0.15, -0.1) is 22.9 Å². The summed E-state index contributed by atoms with van der Waals surface area (Å²) < 4.78 is 32.3. The number of alkyl halides is 1. The lowest BCUT2D eigenvalue weighted by Gasteiger charge is -2.34. The SMILES string of the molecule is C[C@@H]1CN(S(=O)(=O)c2ccc(CCl)s2)C[C@H](C)O1. The Kier molecular flexibility index (Phi) is 4.33. The Balaban J connectivity index is 2.25. The average Bonchev–Trinajstić information content (AvgIpc) is 2.76. The van der Waals surface area contributed by atoms with Crippen molar-refractivity contribution in [3.05, 3.63) is 17.0 Å². The summed E-state index contributed by atoms with van der Waals surface area (Å²) in [6, 6.07) is 3.39. The van der Waals surface area contributed by atoms with E-state index in [1.54, 1.807) is 12.1 Å². The van der Waals surface area contributed by atoms with E-state index >= 15 is 0 Å². The van der Waals surface area contributed by atoms with Crippen molar-refractivity contribution in [2.45, 2.75) is 36.1 Å². The van der Waals surface area contributed by atoms with E-state index < -0.39 is 10.0 Å². The Morgan fingerprint density at radius 2 is 2.00 bits per heavy atom. The van der Waals surface area contributed by atoms with Crippen LogP contribution in [-0.4, -0.2) is 38.0 Å². The highest BCUT2D eigenvalue weighted by atomic mass is 35.5. The maximum atomic E-state index is 12.4. The molecular formula is C11H16ClNO3S2. The summed E-state index contributed by atoms with van der Waals surface area (Å²) in [6.07, 6.45) is -0.146. The van der Waals surface area contributed by atoms with E-state index in [1.807, 2.05) is 13.8 Å². The number of nitrogens with zero attached hydrogens (tertiary/aromatic N) is 1. The standard InChI is InChI=1S/C11H16ClNO3S2/c1-8-6-13(7-9(2)16-8)18(14,15)11-4-3-10(5-12)17-11/h3-4,8-9H,5-7H2,1-2H3/t8-,9+. The van der Waals surface area contributed by atoms with Crippen LogP contribution >= 0.6 is 22.9 Å². The first-order chi connectivity index (χ1) is 8.43. The molecule has 2 atom stereocenters. The number of hydrogen-bond acceptors (Lipinski definition) is 4.